The minimum atomic E-state index is -0.381. The van der Waals surface area contributed by atoms with Crippen LogP contribution in [-0.2, 0) is 0 Å². The third kappa shape index (κ3) is 3.47. The van der Waals surface area contributed by atoms with E-state index in [1.54, 1.807) is 12.4 Å². The van der Waals surface area contributed by atoms with E-state index in [0.717, 1.165) is 31.2 Å². The van der Waals surface area contributed by atoms with Gasteiger partial charge < -0.3 is 15.7 Å². The predicted molar refractivity (Wildman–Crippen MR) is 92.6 cm³/mol. The molecule has 2 heterocycles. The number of anilines is 1. The zero-order chi connectivity index (χ0) is 16.9. The molecule has 1 aliphatic heterocycles. The van der Waals surface area contributed by atoms with E-state index in [4.69, 9.17) is 0 Å². The van der Waals surface area contributed by atoms with Crippen molar-refractivity contribution in [1.29, 1.82) is 5.26 Å². The Bertz CT molecular complexity index is 744. The molecule has 0 saturated heterocycles. The molecule has 24 heavy (non-hydrogen) atoms. The molecule has 124 valence electrons. The summed E-state index contributed by atoms with van der Waals surface area (Å²) in [5, 5.41) is 26.0. The van der Waals surface area contributed by atoms with Gasteiger partial charge in [0.25, 0.3) is 0 Å². The number of aliphatic hydroxyl groups is 1. The molecule has 1 aromatic rings. The SMILES string of the molecule is Cc1cnc(N[C@H]2CCCC[C@@H]2O)nc1/C(C#N)=C1/C=CC=CN1. The maximum atomic E-state index is 10.1. The third-order valence-electron chi connectivity index (χ3n) is 4.34. The van der Waals surface area contributed by atoms with Gasteiger partial charge in [0, 0.05) is 12.4 Å². The van der Waals surface area contributed by atoms with Gasteiger partial charge in [0.2, 0.25) is 5.95 Å². The summed E-state index contributed by atoms with van der Waals surface area (Å²) in [5.74, 6) is 0.449. The van der Waals surface area contributed by atoms with Crippen LogP contribution in [0.2, 0.25) is 0 Å². The van der Waals surface area contributed by atoms with Crippen molar-refractivity contribution < 1.29 is 5.11 Å². The lowest BCUT2D eigenvalue weighted by molar-refractivity contribution is 0.116. The van der Waals surface area contributed by atoms with Crippen molar-refractivity contribution in [2.24, 2.45) is 0 Å². The molecule has 3 N–H and O–H groups in total. The topological polar surface area (TPSA) is 93.9 Å². The molecule has 0 spiro atoms. The Hall–Kier alpha value is -2.65. The summed E-state index contributed by atoms with van der Waals surface area (Å²) in [6.45, 7) is 1.88. The van der Waals surface area contributed by atoms with Gasteiger partial charge in [-0.2, -0.15) is 5.26 Å². The average molecular weight is 323 g/mol. The number of nitrogens with zero attached hydrogens (tertiary/aromatic N) is 3. The van der Waals surface area contributed by atoms with Crippen molar-refractivity contribution in [2.75, 3.05) is 5.32 Å². The first-order chi connectivity index (χ1) is 11.7. The zero-order valence-corrected chi connectivity index (χ0v) is 13.7. The van der Waals surface area contributed by atoms with E-state index in [9.17, 15) is 10.4 Å². The molecule has 1 fully saturated rings. The largest absolute Gasteiger partial charge is 0.391 e. The summed E-state index contributed by atoms with van der Waals surface area (Å²) in [6.07, 6.45) is 12.5. The van der Waals surface area contributed by atoms with E-state index >= 15 is 0 Å². The van der Waals surface area contributed by atoms with Crippen LogP contribution in [-0.4, -0.2) is 27.2 Å². The minimum absolute atomic E-state index is 0.0388. The Balaban J connectivity index is 1.90. The summed E-state index contributed by atoms with van der Waals surface area (Å²) in [7, 11) is 0. The van der Waals surface area contributed by atoms with Gasteiger partial charge in [0.05, 0.1) is 23.5 Å². The van der Waals surface area contributed by atoms with Crippen molar-refractivity contribution in [3.05, 3.63) is 47.6 Å². The highest BCUT2D eigenvalue weighted by Crippen LogP contribution is 2.24. The van der Waals surface area contributed by atoms with Crippen LogP contribution in [0, 0.1) is 18.3 Å². The number of aliphatic hydroxyl groups excluding tert-OH is 1. The van der Waals surface area contributed by atoms with E-state index in [1.165, 1.54) is 0 Å². The first kappa shape index (κ1) is 16.2. The van der Waals surface area contributed by atoms with Crippen molar-refractivity contribution >= 4 is 11.5 Å². The van der Waals surface area contributed by atoms with Crippen LogP contribution < -0.4 is 10.6 Å². The van der Waals surface area contributed by atoms with Crippen LogP contribution in [0.3, 0.4) is 0 Å². The summed E-state index contributed by atoms with van der Waals surface area (Å²) in [6, 6.07) is 2.19. The quantitative estimate of drug-likeness (QED) is 0.740. The summed E-state index contributed by atoms with van der Waals surface area (Å²) >= 11 is 0. The van der Waals surface area contributed by atoms with Crippen LogP contribution in [0.5, 0.6) is 0 Å². The van der Waals surface area contributed by atoms with E-state index in [-0.39, 0.29) is 12.1 Å². The number of aryl methyl sites for hydroxylation is 1. The molecule has 2 aliphatic rings. The molecule has 0 unspecified atom stereocenters. The predicted octanol–water partition coefficient (Wildman–Crippen LogP) is 2.41. The second kappa shape index (κ2) is 7.28. The van der Waals surface area contributed by atoms with Gasteiger partial charge in [-0.25, -0.2) is 9.97 Å². The Morgan fingerprint density at radius 2 is 2.21 bits per heavy atom. The molecule has 0 bridgehead atoms. The fraction of sp³-hybridized carbons (Fsp3) is 0.389. The third-order valence-corrected chi connectivity index (χ3v) is 4.34. The van der Waals surface area contributed by atoms with E-state index < -0.39 is 0 Å². The molecule has 1 saturated carbocycles. The Labute approximate surface area is 141 Å². The number of hydrogen-bond donors (Lipinski definition) is 3. The number of aromatic nitrogens is 2. The standard InChI is InChI=1S/C18H21N5O/c1-12-11-21-18(22-15-7-2-3-8-16(15)24)23-17(12)13(10-19)14-6-4-5-9-20-14/h4-6,9,11,15-16,20,24H,2-3,7-8H2,1H3,(H,21,22,23)/b14-13-/t15-,16-/m0/s1. The summed E-state index contributed by atoms with van der Waals surface area (Å²) < 4.78 is 0. The van der Waals surface area contributed by atoms with Gasteiger partial charge in [-0.05, 0) is 37.5 Å². The van der Waals surface area contributed by atoms with Crippen molar-refractivity contribution in [1.82, 2.24) is 15.3 Å². The van der Waals surface area contributed by atoms with Crippen LogP contribution in [0.4, 0.5) is 5.95 Å². The maximum Gasteiger partial charge on any atom is 0.223 e. The second-order valence-electron chi connectivity index (χ2n) is 6.09. The normalized spacial score (nSPS) is 24.9. The number of hydrogen-bond acceptors (Lipinski definition) is 6. The summed E-state index contributed by atoms with van der Waals surface area (Å²) in [4.78, 5) is 8.85. The van der Waals surface area contributed by atoms with Crippen LogP contribution in [0.1, 0.15) is 36.9 Å². The molecule has 0 amide bonds. The molecule has 6 nitrogen and oxygen atoms in total. The highest BCUT2D eigenvalue weighted by molar-refractivity contribution is 5.80. The van der Waals surface area contributed by atoms with E-state index in [0.29, 0.717) is 22.9 Å². The average Bonchev–Trinajstić information content (AvgIpc) is 2.61. The number of nitriles is 1. The van der Waals surface area contributed by atoms with Crippen molar-refractivity contribution in [3.63, 3.8) is 0 Å². The van der Waals surface area contributed by atoms with E-state index in [1.807, 2.05) is 25.2 Å². The highest BCUT2D eigenvalue weighted by Gasteiger charge is 2.24. The smallest absolute Gasteiger partial charge is 0.223 e. The molecule has 2 atom stereocenters. The van der Waals surface area contributed by atoms with Crippen LogP contribution >= 0.6 is 0 Å². The monoisotopic (exact) mass is 323 g/mol. The minimum Gasteiger partial charge on any atom is -0.391 e. The number of rotatable bonds is 3. The molecule has 0 aromatic carbocycles. The molecular weight excluding hydrogens is 302 g/mol. The zero-order valence-electron chi connectivity index (χ0n) is 13.7. The second-order valence-corrected chi connectivity index (χ2v) is 6.09. The van der Waals surface area contributed by atoms with Gasteiger partial charge in [0.15, 0.2) is 0 Å². The highest BCUT2D eigenvalue weighted by atomic mass is 16.3. The molecule has 1 aliphatic carbocycles. The lowest BCUT2D eigenvalue weighted by Crippen LogP contribution is -2.36. The summed E-state index contributed by atoms with van der Waals surface area (Å²) in [5.41, 5.74) is 2.62. The molecule has 0 radical (unpaired) electrons. The number of dihydropyridines is 1. The Morgan fingerprint density at radius 3 is 2.92 bits per heavy atom. The van der Waals surface area contributed by atoms with Crippen LogP contribution in [0.25, 0.3) is 5.57 Å². The van der Waals surface area contributed by atoms with E-state index in [2.05, 4.69) is 26.7 Å². The molecule has 6 heteroatoms. The van der Waals surface area contributed by atoms with Crippen molar-refractivity contribution in [3.8, 4) is 6.07 Å². The van der Waals surface area contributed by atoms with Gasteiger partial charge in [-0.1, -0.05) is 18.9 Å². The van der Waals surface area contributed by atoms with Crippen molar-refractivity contribution in [2.45, 2.75) is 44.8 Å². The van der Waals surface area contributed by atoms with Gasteiger partial charge in [-0.15, -0.1) is 0 Å². The van der Waals surface area contributed by atoms with Gasteiger partial charge >= 0.3 is 0 Å². The van der Waals surface area contributed by atoms with Crippen LogP contribution in [0.15, 0.2) is 36.3 Å². The Kier molecular flexibility index (Phi) is 4.92. The molecule has 1 aromatic heterocycles. The lowest BCUT2D eigenvalue weighted by Gasteiger charge is -2.28. The van der Waals surface area contributed by atoms with Gasteiger partial charge in [-0.3, -0.25) is 0 Å². The van der Waals surface area contributed by atoms with Gasteiger partial charge in [0.1, 0.15) is 11.6 Å². The fourth-order valence-electron chi connectivity index (χ4n) is 3.00. The first-order valence-electron chi connectivity index (χ1n) is 8.22. The molecule has 3 rings (SSSR count). The first-order valence-corrected chi connectivity index (χ1v) is 8.22. The number of allylic oxidation sites excluding steroid dienone is 4. The molecular formula is C18H21N5O. The number of nitrogens with one attached hydrogen (secondary N) is 2. The maximum absolute atomic E-state index is 10.1. The fourth-order valence-corrected chi connectivity index (χ4v) is 3.00. The Morgan fingerprint density at radius 1 is 1.38 bits per heavy atom. The lowest BCUT2D eigenvalue weighted by atomic mass is 9.93.